The highest BCUT2D eigenvalue weighted by Gasteiger charge is 2.31. The van der Waals surface area contributed by atoms with Crippen LogP contribution < -0.4 is 10.6 Å². The van der Waals surface area contributed by atoms with Crippen LogP contribution in [0.4, 0.5) is 5.82 Å². The van der Waals surface area contributed by atoms with Gasteiger partial charge in [0.25, 0.3) is 0 Å². The van der Waals surface area contributed by atoms with E-state index >= 15 is 0 Å². The molecular weight excluding hydrogens is 210 g/mol. The molecule has 2 atom stereocenters. The number of nitrogens with zero attached hydrogens (tertiary/aromatic N) is 2. The number of pyridine rings is 1. The molecule has 92 valence electrons. The lowest BCUT2D eigenvalue weighted by Crippen LogP contribution is -2.43. The van der Waals surface area contributed by atoms with Gasteiger partial charge in [0.1, 0.15) is 5.82 Å². The molecule has 2 bridgehead atoms. The number of piperidine rings is 1. The lowest BCUT2D eigenvalue weighted by atomic mass is 9.78. The Labute approximate surface area is 103 Å². The van der Waals surface area contributed by atoms with Gasteiger partial charge in [-0.2, -0.15) is 0 Å². The molecule has 17 heavy (non-hydrogen) atoms. The van der Waals surface area contributed by atoms with Crippen LogP contribution in [0.5, 0.6) is 0 Å². The van der Waals surface area contributed by atoms with Gasteiger partial charge in [-0.25, -0.2) is 4.98 Å². The van der Waals surface area contributed by atoms with Crippen molar-refractivity contribution >= 4 is 5.82 Å². The first-order valence-corrected chi connectivity index (χ1v) is 6.75. The largest absolute Gasteiger partial charge is 0.356 e. The molecule has 1 aromatic heterocycles. The summed E-state index contributed by atoms with van der Waals surface area (Å²) in [4.78, 5) is 7.02. The molecule has 1 aliphatic heterocycles. The number of rotatable bonds is 2. The van der Waals surface area contributed by atoms with Crippen molar-refractivity contribution in [2.24, 2.45) is 17.6 Å². The van der Waals surface area contributed by atoms with E-state index in [0.29, 0.717) is 6.54 Å². The molecule has 3 rings (SSSR count). The van der Waals surface area contributed by atoms with Gasteiger partial charge in [0.2, 0.25) is 0 Å². The number of hydrogen-bond acceptors (Lipinski definition) is 3. The van der Waals surface area contributed by atoms with E-state index in [2.05, 4.69) is 16.0 Å². The zero-order valence-corrected chi connectivity index (χ0v) is 10.3. The zero-order chi connectivity index (χ0) is 11.7. The maximum Gasteiger partial charge on any atom is 0.133 e. The predicted molar refractivity (Wildman–Crippen MR) is 69.8 cm³/mol. The second kappa shape index (κ2) is 4.65. The Hall–Kier alpha value is -1.09. The highest BCUT2D eigenvalue weighted by Crippen LogP contribution is 2.36. The molecule has 2 heterocycles. The van der Waals surface area contributed by atoms with Gasteiger partial charge in [0, 0.05) is 31.4 Å². The van der Waals surface area contributed by atoms with E-state index < -0.39 is 0 Å². The maximum absolute atomic E-state index is 5.81. The summed E-state index contributed by atoms with van der Waals surface area (Å²) in [6.45, 7) is 2.95. The van der Waals surface area contributed by atoms with E-state index in [1.807, 2.05) is 12.3 Å². The van der Waals surface area contributed by atoms with Gasteiger partial charge in [-0.3, -0.25) is 0 Å². The average molecular weight is 231 g/mol. The van der Waals surface area contributed by atoms with Gasteiger partial charge < -0.3 is 10.6 Å². The average Bonchev–Trinajstić information content (AvgIpc) is 2.38. The van der Waals surface area contributed by atoms with Crippen LogP contribution in [0.15, 0.2) is 18.3 Å². The van der Waals surface area contributed by atoms with Gasteiger partial charge in [0.15, 0.2) is 0 Å². The molecule has 1 saturated carbocycles. The molecule has 2 unspecified atom stereocenters. The van der Waals surface area contributed by atoms with Crippen molar-refractivity contribution in [2.45, 2.75) is 32.2 Å². The Bertz CT molecular complexity index is 379. The summed E-state index contributed by atoms with van der Waals surface area (Å²) in [5.41, 5.74) is 6.99. The first-order chi connectivity index (χ1) is 8.36. The van der Waals surface area contributed by atoms with Crippen molar-refractivity contribution in [1.29, 1.82) is 0 Å². The van der Waals surface area contributed by atoms with E-state index in [0.717, 1.165) is 17.7 Å². The summed E-state index contributed by atoms with van der Waals surface area (Å²) >= 11 is 0. The van der Waals surface area contributed by atoms with Crippen molar-refractivity contribution in [3.8, 4) is 0 Å². The monoisotopic (exact) mass is 231 g/mol. The SMILES string of the molecule is NCc1cccnc1N1CC2CCCC(C2)C1. The van der Waals surface area contributed by atoms with Crippen molar-refractivity contribution in [3.63, 3.8) is 0 Å². The van der Waals surface area contributed by atoms with Crippen molar-refractivity contribution in [2.75, 3.05) is 18.0 Å². The van der Waals surface area contributed by atoms with Crippen LogP contribution in [-0.4, -0.2) is 18.1 Å². The highest BCUT2D eigenvalue weighted by molar-refractivity contribution is 5.47. The Morgan fingerprint density at radius 3 is 2.76 bits per heavy atom. The van der Waals surface area contributed by atoms with Crippen LogP contribution in [0.3, 0.4) is 0 Å². The molecule has 1 saturated heterocycles. The van der Waals surface area contributed by atoms with E-state index in [9.17, 15) is 0 Å². The molecule has 1 aromatic rings. The van der Waals surface area contributed by atoms with Gasteiger partial charge in [-0.1, -0.05) is 12.5 Å². The van der Waals surface area contributed by atoms with E-state index in [1.54, 1.807) is 0 Å². The molecule has 0 aromatic carbocycles. The molecule has 1 aliphatic carbocycles. The summed E-state index contributed by atoms with van der Waals surface area (Å²) in [7, 11) is 0. The van der Waals surface area contributed by atoms with Crippen molar-refractivity contribution in [1.82, 2.24) is 4.98 Å². The Balaban J connectivity index is 1.84. The zero-order valence-electron chi connectivity index (χ0n) is 10.3. The maximum atomic E-state index is 5.81. The Kier molecular flexibility index (Phi) is 3.02. The quantitative estimate of drug-likeness (QED) is 0.848. The molecule has 3 nitrogen and oxygen atoms in total. The molecule has 0 radical (unpaired) electrons. The standard InChI is InChI=1S/C14H21N3/c15-8-13-5-2-6-16-14(13)17-9-11-3-1-4-12(7-11)10-17/h2,5-6,11-12H,1,3-4,7-10,15H2. The number of hydrogen-bond donors (Lipinski definition) is 1. The minimum atomic E-state index is 0.592. The summed E-state index contributed by atoms with van der Waals surface area (Å²) in [5, 5.41) is 0. The Morgan fingerprint density at radius 1 is 1.29 bits per heavy atom. The molecular formula is C14H21N3. The normalized spacial score (nSPS) is 28.2. The van der Waals surface area contributed by atoms with Gasteiger partial charge in [-0.05, 0) is 37.2 Å². The topological polar surface area (TPSA) is 42.1 Å². The molecule has 2 N–H and O–H groups in total. The molecule has 0 spiro atoms. The van der Waals surface area contributed by atoms with Crippen LogP contribution >= 0.6 is 0 Å². The molecule has 2 aliphatic rings. The second-order valence-corrected chi connectivity index (χ2v) is 5.49. The van der Waals surface area contributed by atoms with Gasteiger partial charge in [0.05, 0.1) is 0 Å². The molecule has 2 fully saturated rings. The number of nitrogens with two attached hydrogens (primary N) is 1. The van der Waals surface area contributed by atoms with Gasteiger partial charge in [-0.15, -0.1) is 0 Å². The van der Waals surface area contributed by atoms with E-state index in [1.165, 1.54) is 44.3 Å². The van der Waals surface area contributed by atoms with Crippen molar-refractivity contribution < 1.29 is 0 Å². The third-order valence-corrected chi connectivity index (χ3v) is 4.24. The fourth-order valence-electron chi connectivity index (χ4n) is 3.48. The van der Waals surface area contributed by atoms with Crippen molar-refractivity contribution in [3.05, 3.63) is 23.9 Å². The van der Waals surface area contributed by atoms with E-state index in [-0.39, 0.29) is 0 Å². The third kappa shape index (κ3) is 2.16. The lowest BCUT2D eigenvalue weighted by Gasteiger charge is -2.42. The number of fused-ring (bicyclic) bond motifs is 2. The van der Waals surface area contributed by atoms with E-state index in [4.69, 9.17) is 5.73 Å². The lowest BCUT2D eigenvalue weighted by molar-refractivity contribution is 0.230. The summed E-state index contributed by atoms with van der Waals surface area (Å²) in [6.07, 6.45) is 7.55. The summed E-state index contributed by atoms with van der Waals surface area (Å²) in [6, 6.07) is 4.09. The minimum absolute atomic E-state index is 0.592. The predicted octanol–water partition coefficient (Wildman–Crippen LogP) is 2.17. The third-order valence-electron chi connectivity index (χ3n) is 4.24. The van der Waals surface area contributed by atoms with Crippen LogP contribution in [0, 0.1) is 11.8 Å². The second-order valence-electron chi connectivity index (χ2n) is 5.49. The van der Waals surface area contributed by atoms with Crippen LogP contribution in [0.2, 0.25) is 0 Å². The summed E-state index contributed by atoms with van der Waals surface area (Å²) in [5.74, 6) is 2.90. The first-order valence-electron chi connectivity index (χ1n) is 6.75. The Morgan fingerprint density at radius 2 is 2.06 bits per heavy atom. The van der Waals surface area contributed by atoms with Crippen LogP contribution in [0.25, 0.3) is 0 Å². The number of aromatic nitrogens is 1. The number of anilines is 1. The smallest absolute Gasteiger partial charge is 0.133 e. The molecule has 3 heteroatoms. The first kappa shape index (κ1) is 11.0. The minimum Gasteiger partial charge on any atom is -0.356 e. The van der Waals surface area contributed by atoms with Crippen LogP contribution in [-0.2, 0) is 6.54 Å². The molecule has 0 amide bonds. The highest BCUT2D eigenvalue weighted by atomic mass is 15.2. The van der Waals surface area contributed by atoms with Crippen LogP contribution in [0.1, 0.15) is 31.2 Å². The fourth-order valence-corrected chi connectivity index (χ4v) is 3.48. The summed E-state index contributed by atoms with van der Waals surface area (Å²) < 4.78 is 0. The fraction of sp³-hybridized carbons (Fsp3) is 0.643. The van der Waals surface area contributed by atoms with Gasteiger partial charge >= 0.3 is 0 Å².